The number of benzene rings is 1. The molecular weight excluding hydrogens is 306 g/mol. The Morgan fingerprint density at radius 1 is 1.25 bits per heavy atom. The molecule has 0 saturated heterocycles. The van der Waals surface area contributed by atoms with Gasteiger partial charge in [0.05, 0.1) is 5.69 Å². The van der Waals surface area contributed by atoms with Gasteiger partial charge in [-0.25, -0.2) is 4.79 Å². The van der Waals surface area contributed by atoms with E-state index in [2.05, 4.69) is 5.10 Å². The normalized spacial score (nSPS) is 17.0. The smallest absolute Gasteiger partial charge is 0.326 e. The molecule has 0 spiro atoms. The number of carboxylic acids is 1. The van der Waals surface area contributed by atoms with Gasteiger partial charge in [0.1, 0.15) is 11.7 Å². The van der Waals surface area contributed by atoms with Crippen molar-refractivity contribution in [2.24, 2.45) is 7.05 Å². The maximum Gasteiger partial charge on any atom is 0.326 e. The Kier molecular flexibility index (Phi) is 4.13. The van der Waals surface area contributed by atoms with E-state index < -0.39 is 12.0 Å². The average Bonchev–Trinajstić information content (AvgIpc) is 2.95. The van der Waals surface area contributed by atoms with Crippen LogP contribution >= 0.6 is 0 Å². The van der Waals surface area contributed by atoms with Gasteiger partial charge in [-0.2, -0.15) is 5.10 Å². The summed E-state index contributed by atoms with van der Waals surface area (Å²) in [6.45, 7) is 4.32. The zero-order valence-corrected chi connectivity index (χ0v) is 14.1. The summed E-state index contributed by atoms with van der Waals surface area (Å²) in [4.78, 5) is 26.1. The molecule has 6 heteroatoms. The SMILES string of the molecule is CC(C)c1cc(C(=O)N2Cc3ccccc3CC2C(=O)O)n(C)n1. The Morgan fingerprint density at radius 2 is 1.92 bits per heavy atom. The number of carboxylic acid groups (broad SMARTS) is 1. The number of aryl methyl sites for hydroxylation is 1. The van der Waals surface area contributed by atoms with E-state index in [1.807, 2.05) is 38.1 Å². The number of aliphatic carboxylic acids is 1. The van der Waals surface area contributed by atoms with Crippen molar-refractivity contribution in [3.05, 3.63) is 52.8 Å². The highest BCUT2D eigenvalue weighted by Gasteiger charge is 2.36. The first kappa shape index (κ1) is 16.2. The summed E-state index contributed by atoms with van der Waals surface area (Å²) in [7, 11) is 1.72. The third-order valence-corrected chi connectivity index (χ3v) is 4.50. The molecule has 1 atom stereocenters. The van der Waals surface area contributed by atoms with Crippen LogP contribution in [0.25, 0.3) is 0 Å². The predicted molar refractivity (Wildman–Crippen MR) is 88.7 cm³/mol. The van der Waals surface area contributed by atoms with Gasteiger partial charge < -0.3 is 10.0 Å². The largest absolute Gasteiger partial charge is 0.480 e. The van der Waals surface area contributed by atoms with Crippen molar-refractivity contribution < 1.29 is 14.7 Å². The lowest BCUT2D eigenvalue weighted by atomic mass is 9.93. The van der Waals surface area contributed by atoms with Crippen LogP contribution in [-0.4, -0.2) is 37.7 Å². The number of rotatable bonds is 3. The van der Waals surface area contributed by atoms with Gasteiger partial charge in [0, 0.05) is 20.0 Å². The molecule has 1 aliphatic heterocycles. The minimum atomic E-state index is -0.982. The van der Waals surface area contributed by atoms with E-state index in [0.29, 0.717) is 18.7 Å². The van der Waals surface area contributed by atoms with Gasteiger partial charge >= 0.3 is 5.97 Å². The van der Waals surface area contributed by atoms with Gasteiger partial charge in [0.25, 0.3) is 5.91 Å². The van der Waals surface area contributed by atoms with Crippen molar-refractivity contribution in [3.8, 4) is 0 Å². The average molecular weight is 327 g/mol. The molecule has 1 unspecified atom stereocenters. The quantitative estimate of drug-likeness (QED) is 0.938. The van der Waals surface area contributed by atoms with Crippen LogP contribution in [0.4, 0.5) is 0 Å². The highest BCUT2D eigenvalue weighted by Crippen LogP contribution is 2.26. The Bertz CT molecular complexity index is 795. The van der Waals surface area contributed by atoms with Crippen LogP contribution < -0.4 is 0 Å². The van der Waals surface area contributed by atoms with Crippen molar-refractivity contribution in [2.75, 3.05) is 0 Å². The third-order valence-electron chi connectivity index (χ3n) is 4.50. The van der Waals surface area contributed by atoms with Gasteiger partial charge in [-0.1, -0.05) is 38.1 Å². The Labute approximate surface area is 140 Å². The summed E-state index contributed by atoms with van der Waals surface area (Å²) < 4.78 is 1.54. The molecule has 0 radical (unpaired) electrons. The van der Waals surface area contributed by atoms with Crippen LogP contribution in [0.5, 0.6) is 0 Å². The molecule has 0 aliphatic carbocycles. The molecule has 0 bridgehead atoms. The van der Waals surface area contributed by atoms with Crippen LogP contribution in [0.1, 0.15) is 47.1 Å². The van der Waals surface area contributed by atoms with Crippen LogP contribution in [0.3, 0.4) is 0 Å². The van der Waals surface area contributed by atoms with E-state index in [4.69, 9.17) is 0 Å². The van der Waals surface area contributed by atoms with E-state index in [1.54, 1.807) is 13.1 Å². The number of carbonyl (C=O) groups excluding carboxylic acids is 1. The van der Waals surface area contributed by atoms with Gasteiger partial charge in [0.2, 0.25) is 0 Å². The van der Waals surface area contributed by atoms with Crippen molar-refractivity contribution in [1.29, 1.82) is 0 Å². The highest BCUT2D eigenvalue weighted by atomic mass is 16.4. The molecule has 126 valence electrons. The van der Waals surface area contributed by atoms with Gasteiger partial charge in [-0.05, 0) is 23.1 Å². The molecule has 0 saturated carbocycles. The first-order valence-electron chi connectivity index (χ1n) is 8.03. The number of carbonyl (C=O) groups is 2. The molecule has 1 aromatic heterocycles. The number of aromatic nitrogens is 2. The molecule has 1 amide bonds. The molecule has 6 nitrogen and oxygen atoms in total. The summed E-state index contributed by atoms with van der Waals surface area (Å²) >= 11 is 0. The lowest BCUT2D eigenvalue weighted by molar-refractivity contribution is -0.142. The number of hydrogen-bond donors (Lipinski definition) is 1. The molecule has 1 aromatic carbocycles. The minimum Gasteiger partial charge on any atom is -0.480 e. The number of hydrogen-bond acceptors (Lipinski definition) is 3. The zero-order chi connectivity index (χ0) is 17.4. The van der Waals surface area contributed by atoms with E-state index in [-0.39, 0.29) is 11.8 Å². The number of nitrogens with zero attached hydrogens (tertiary/aromatic N) is 3. The molecule has 3 rings (SSSR count). The second-order valence-electron chi connectivity index (χ2n) is 6.49. The fourth-order valence-corrected chi connectivity index (χ4v) is 3.08. The molecule has 2 heterocycles. The van der Waals surface area contributed by atoms with E-state index >= 15 is 0 Å². The van der Waals surface area contributed by atoms with E-state index in [0.717, 1.165) is 16.8 Å². The van der Waals surface area contributed by atoms with Gasteiger partial charge in [-0.15, -0.1) is 0 Å². The van der Waals surface area contributed by atoms with Crippen molar-refractivity contribution >= 4 is 11.9 Å². The fourth-order valence-electron chi connectivity index (χ4n) is 3.08. The van der Waals surface area contributed by atoms with E-state index in [9.17, 15) is 14.7 Å². The number of amides is 1. The first-order chi connectivity index (χ1) is 11.4. The lowest BCUT2D eigenvalue weighted by Crippen LogP contribution is -2.49. The molecule has 24 heavy (non-hydrogen) atoms. The van der Waals surface area contributed by atoms with Crippen molar-refractivity contribution in [2.45, 2.75) is 38.8 Å². The maximum absolute atomic E-state index is 13.0. The second-order valence-corrected chi connectivity index (χ2v) is 6.49. The maximum atomic E-state index is 13.0. The van der Waals surface area contributed by atoms with Crippen LogP contribution in [0.2, 0.25) is 0 Å². The van der Waals surface area contributed by atoms with Gasteiger partial charge in [-0.3, -0.25) is 9.48 Å². The van der Waals surface area contributed by atoms with Crippen LogP contribution in [0.15, 0.2) is 30.3 Å². The molecule has 0 fully saturated rings. The summed E-state index contributed by atoms with van der Waals surface area (Å²) in [5, 5.41) is 13.9. The second kappa shape index (κ2) is 6.11. The summed E-state index contributed by atoms with van der Waals surface area (Å²) in [6, 6.07) is 8.57. The predicted octanol–water partition coefficient (Wildman–Crippen LogP) is 2.20. The molecule has 1 N–H and O–H groups in total. The Balaban J connectivity index is 1.97. The standard InChI is InChI=1S/C18H21N3O3/c1-11(2)14-9-15(20(3)19-14)17(22)21-10-13-7-5-4-6-12(13)8-16(21)18(23)24/h4-7,9,11,16H,8,10H2,1-3H3,(H,23,24). The Hall–Kier alpha value is -2.63. The van der Waals surface area contributed by atoms with E-state index in [1.165, 1.54) is 9.58 Å². The molecule has 2 aromatic rings. The molecule has 1 aliphatic rings. The van der Waals surface area contributed by atoms with Gasteiger partial charge in [0.15, 0.2) is 0 Å². The topological polar surface area (TPSA) is 75.4 Å². The summed E-state index contributed by atoms with van der Waals surface area (Å²) in [5.41, 5.74) is 3.23. The van der Waals surface area contributed by atoms with Crippen molar-refractivity contribution in [3.63, 3.8) is 0 Å². The van der Waals surface area contributed by atoms with Crippen LogP contribution in [0, 0.1) is 0 Å². The summed E-state index contributed by atoms with van der Waals surface area (Å²) in [5.74, 6) is -1.07. The molecular formula is C18H21N3O3. The first-order valence-corrected chi connectivity index (χ1v) is 8.03. The highest BCUT2D eigenvalue weighted by molar-refractivity contribution is 5.95. The summed E-state index contributed by atoms with van der Waals surface area (Å²) in [6.07, 6.45) is 0.326. The fraction of sp³-hybridized carbons (Fsp3) is 0.389. The Morgan fingerprint density at radius 3 is 2.50 bits per heavy atom. The van der Waals surface area contributed by atoms with Crippen LogP contribution in [-0.2, 0) is 24.8 Å². The minimum absolute atomic E-state index is 0.204. The lowest BCUT2D eigenvalue weighted by Gasteiger charge is -2.34. The zero-order valence-electron chi connectivity index (χ0n) is 14.1. The van der Waals surface area contributed by atoms with Crippen molar-refractivity contribution in [1.82, 2.24) is 14.7 Å². The number of fused-ring (bicyclic) bond motifs is 1. The monoisotopic (exact) mass is 327 g/mol. The third kappa shape index (κ3) is 2.79.